The predicted octanol–water partition coefficient (Wildman–Crippen LogP) is 2.34. The molecule has 0 aromatic heterocycles. The van der Waals surface area contributed by atoms with Crippen molar-refractivity contribution in [1.29, 1.82) is 0 Å². The summed E-state index contributed by atoms with van der Waals surface area (Å²) in [5.74, 6) is 0.726. The fourth-order valence-corrected chi connectivity index (χ4v) is 0.938. The van der Waals surface area contributed by atoms with E-state index in [0.29, 0.717) is 12.3 Å². The van der Waals surface area contributed by atoms with Crippen LogP contribution in [-0.2, 0) is 4.79 Å². The van der Waals surface area contributed by atoms with Gasteiger partial charge in [0, 0.05) is 13.0 Å². The van der Waals surface area contributed by atoms with Crippen LogP contribution in [0.3, 0.4) is 0 Å². The smallest absolute Gasteiger partial charge is 0.220 e. The molecule has 0 aliphatic carbocycles. The van der Waals surface area contributed by atoms with Gasteiger partial charge in [-0.3, -0.25) is 4.79 Å². The molecule has 0 saturated heterocycles. The highest BCUT2D eigenvalue weighted by molar-refractivity contribution is 5.76. The molecule has 1 N–H and O–H groups in total. The van der Waals surface area contributed by atoms with Crippen LogP contribution in [-0.4, -0.2) is 12.5 Å². The fraction of sp³-hybridized carbons (Fsp3) is 0.900. The van der Waals surface area contributed by atoms with E-state index >= 15 is 0 Å². The van der Waals surface area contributed by atoms with Crippen LogP contribution >= 0.6 is 0 Å². The minimum absolute atomic E-state index is 0.206. The minimum atomic E-state index is 0.206. The molecule has 2 nitrogen and oxygen atoms in total. The van der Waals surface area contributed by atoms with Gasteiger partial charge >= 0.3 is 0 Å². The summed E-state index contributed by atoms with van der Waals surface area (Å²) < 4.78 is 0. The molecule has 0 radical (unpaired) electrons. The molecule has 72 valence electrons. The third-order valence-electron chi connectivity index (χ3n) is 2.08. The maximum Gasteiger partial charge on any atom is 0.220 e. The number of hydrogen-bond acceptors (Lipinski definition) is 1. The van der Waals surface area contributed by atoms with Gasteiger partial charge in [0.05, 0.1) is 0 Å². The summed E-state index contributed by atoms with van der Waals surface area (Å²) in [5, 5.41) is 2.91. The Morgan fingerprint density at radius 1 is 1.42 bits per heavy atom. The number of rotatable bonds is 6. The Labute approximate surface area is 75.7 Å². The second-order valence-electron chi connectivity index (χ2n) is 3.42. The summed E-state index contributed by atoms with van der Waals surface area (Å²) in [6.07, 6.45) is 4.00. The number of carbonyl (C=O) groups excluding carboxylic acids is 1. The van der Waals surface area contributed by atoms with Crippen molar-refractivity contribution in [2.45, 2.75) is 46.5 Å². The molecule has 1 amide bonds. The molecule has 0 aromatic rings. The largest absolute Gasteiger partial charge is 0.356 e. The average molecular weight is 171 g/mol. The van der Waals surface area contributed by atoms with E-state index in [1.165, 1.54) is 0 Å². The first kappa shape index (κ1) is 11.5. The second kappa shape index (κ2) is 7.14. The third-order valence-corrected chi connectivity index (χ3v) is 2.08. The molecular formula is C10H21NO. The number of unbranched alkanes of at least 4 members (excludes halogenated alkanes) is 1. The van der Waals surface area contributed by atoms with Crippen molar-refractivity contribution in [2.24, 2.45) is 5.92 Å². The van der Waals surface area contributed by atoms with Gasteiger partial charge in [0.25, 0.3) is 0 Å². The first-order valence-corrected chi connectivity index (χ1v) is 4.97. The third kappa shape index (κ3) is 6.20. The summed E-state index contributed by atoms with van der Waals surface area (Å²) in [4.78, 5) is 11.2. The molecule has 0 saturated carbocycles. The van der Waals surface area contributed by atoms with E-state index in [1.54, 1.807) is 0 Å². The highest BCUT2D eigenvalue weighted by atomic mass is 16.1. The van der Waals surface area contributed by atoms with Crippen LogP contribution in [0.1, 0.15) is 46.5 Å². The van der Waals surface area contributed by atoms with Crippen LogP contribution in [0.4, 0.5) is 0 Å². The van der Waals surface area contributed by atoms with Gasteiger partial charge in [0.2, 0.25) is 5.91 Å². The van der Waals surface area contributed by atoms with E-state index in [9.17, 15) is 4.79 Å². The van der Waals surface area contributed by atoms with Gasteiger partial charge in [0.15, 0.2) is 0 Å². The van der Waals surface area contributed by atoms with Gasteiger partial charge in [-0.2, -0.15) is 0 Å². The van der Waals surface area contributed by atoms with E-state index in [4.69, 9.17) is 0 Å². The van der Waals surface area contributed by atoms with Crippen molar-refractivity contribution in [3.05, 3.63) is 0 Å². The lowest BCUT2D eigenvalue weighted by atomic mass is 10.1. The summed E-state index contributed by atoms with van der Waals surface area (Å²) in [6.45, 7) is 7.19. The van der Waals surface area contributed by atoms with Gasteiger partial charge in [-0.25, -0.2) is 0 Å². The highest BCUT2D eigenvalue weighted by Crippen LogP contribution is 2.05. The first-order valence-electron chi connectivity index (χ1n) is 4.97. The lowest BCUT2D eigenvalue weighted by Gasteiger charge is -2.08. The van der Waals surface area contributed by atoms with Crippen molar-refractivity contribution in [3.63, 3.8) is 0 Å². The van der Waals surface area contributed by atoms with Gasteiger partial charge in [0.1, 0.15) is 0 Å². The van der Waals surface area contributed by atoms with E-state index < -0.39 is 0 Å². The van der Waals surface area contributed by atoms with Crippen LogP contribution in [0.2, 0.25) is 0 Å². The zero-order valence-electron chi connectivity index (χ0n) is 8.52. The van der Waals surface area contributed by atoms with Crippen LogP contribution in [0.15, 0.2) is 0 Å². The van der Waals surface area contributed by atoms with E-state index in [-0.39, 0.29) is 5.91 Å². The van der Waals surface area contributed by atoms with Gasteiger partial charge < -0.3 is 5.32 Å². The standard InChI is InChI=1S/C10H21NO/c1-4-6-7-11-10(12)8-9(3)5-2/h9H,4-8H2,1-3H3,(H,11,12). The zero-order valence-corrected chi connectivity index (χ0v) is 8.52. The van der Waals surface area contributed by atoms with Gasteiger partial charge in [-0.15, -0.1) is 0 Å². The maximum absolute atomic E-state index is 11.2. The lowest BCUT2D eigenvalue weighted by molar-refractivity contribution is -0.121. The quantitative estimate of drug-likeness (QED) is 0.611. The normalized spacial score (nSPS) is 12.6. The van der Waals surface area contributed by atoms with Gasteiger partial charge in [-0.05, 0) is 12.3 Å². The zero-order chi connectivity index (χ0) is 9.40. The van der Waals surface area contributed by atoms with E-state index in [2.05, 4.69) is 26.1 Å². The first-order chi connectivity index (χ1) is 5.70. The summed E-state index contributed by atoms with van der Waals surface area (Å²) in [5.41, 5.74) is 0. The molecule has 0 aliphatic heterocycles. The van der Waals surface area contributed by atoms with Crippen molar-refractivity contribution in [1.82, 2.24) is 5.32 Å². The minimum Gasteiger partial charge on any atom is -0.356 e. The Hall–Kier alpha value is -0.530. The second-order valence-corrected chi connectivity index (χ2v) is 3.42. The van der Waals surface area contributed by atoms with E-state index in [1.807, 2.05) is 0 Å². The van der Waals surface area contributed by atoms with Crippen molar-refractivity contribution in [2.75, 3.05) is 6.54 Å². The van der Waals surface area contributed by atoms with Crippen molar-refractivity contribution in [3.8, 4) is 0 Å². The number of nitrogens with one attached hydrogen (secondary N) is 1. The molecule has 0 bridgehead atoms. The van der Waals surface area contributed by atoms with Gasteiger partial charge in [-0.1, -0.05) is 33.6 Å². The summed E-state index contributed by atoms with van der Waals surface area (Å²) in [6, 6.07) is 0. The van der Waals surface area contributed by atoms with Crippen LogP contribution in [0, 0.1) is 5.92 Å². The number of amides is 1. The molecule has 0 heterocycles. The molecular weight excluding hydrogens is 150 g/mol. The number of carbonyl (C=O) groups is 1. The molecule has 1 atom stereocenters. The fourth-order valence-electron chi connectivity index (χ4n) is 0.938. The average Bonchev–Trinajstić information content (AvgIpc) is 2.05. The predicted molar refractivity (Wildman–Crippen MR) is 52.0 cm³/mol. The Kier molecular flexibility index (Phi) is 6.82. The van der Waals surface area contributed by atoms with Crippen LogP contribution in [0.5, 0.6) is 0 Å². The Bertz CT molecular complexity index is 123. The number of hydrogen-bond donors (Lipinski definition) is 1. The molecule has 0 aliphatic rings. The Balaban J connectivity index is 3.33. The van der Waals surface area contributed by atoms with Crippen molar-refractivity contribution >= 4 is 5.91 Å². The maximum atomic E-state index is 11.2. The Morgan fingerprint density at radius 3 is 2.58 bits per heavy atom. The molecule has 0 aromatic carbocycles. The molecule has 0 spiro atoms. The molecule has 2 heteroatoms. The van der Waals surface area contributed by atoms with Crippen molar-refractivity contribution < 1.29 is 4.79 Å². The highest BCUT2D eigenvalue weighted by Gasteiger charge is 2.05. The molecule has 12 heavy (non-hydrogen) atoms. The summed E-state index contributed by atoms with van der Waals surface area (Å²) >= 11 is 0. The molecule has 0 rings (SSSR count). The topological polar surface area (TPSA) is 29.1 Å². The SMILES string of the molecule is CCCCNC(=O)CC(C)CC. The lowest BCUT2D eigenvalue weighted by Crippen LogP contribution is -2.25. The van der Waals surface area contributed by atoms with E-state index in [0.717, 1.165) is 25.8 Å². The molecule has 1 unspecified atom stereocenters. The monoisotopic (exact) mass is 171 g/mol. The van der Waals surface area contributed by atoms with Crippen LogP contribution in [0.25, 0.3) is 0 Å². The molecule has 0 fully saturated rings. The van der Waals surface area contributed by atoms with Crippen LogP contribution < -0.4 is 5.32 Å². The Morgan fingerprint density at radius 2 is 2.08 bits per heavy atom. The summed E-state index contributed by atoms with van der Waals surface area (Å²) in [7, 11) is 0.